The molecule has 3 N–H and O–H groups in total. The number of rotatable bonds is 3. The third kappa shape index (κ3) is 1.87. The second-order valence-corrected chi connectivity index (χ2v) is 5.99. The Balaban J connectivity index is 2.32. The van der Waals surface area contributed by atoms with Crippen LogP contribution >= 0.6 is 0 Å². The fourth-order valence-electron chi connectivity index (χ4n) is 2.89. The standard InChI is InChI=1S/C14H22N2/c1-13(2,3)12(16-15)14(9-10-14)11-7-5-4-6-8-11/h4-8,12,16H,9-10,15H2,1-3H3. The molecular weight excluding hydrogens is 196 g/mol. The van der Waals surface area contributed by atoms with Crippen molar-refractivity contribution in [1.29, 1.82) is 0 Å². The van der Waals surface area contributed by atoms with Crippen LogP contribution in [-0.4, -0.2) is 6.04 Å². The van der Waals surface area contributed by atoms with Gasteiger partial charge in [-0.1, -0.05) is 51.1 Å². The topological polar surface area (TPSA) is 38.0 Å². The molecule has 1 aliphatic carbocycles. The molecule has 0 saturated heterocycles. The van der Waals surface area contributed by atoms with Crippen LogP contribution < -0.4 is 11.3 Å². The largest absolute Gasteiger partial charge is 0.271 e. The Morgan fingerprint density at radius 3 is 2.12 bits per heavy atom. The van der Waals surface area contributed by atoms with Crippen molar-refractivity contribution in [2.45, 2.75) is 45.1 Å². The molecule has 0 bridgehead atoms. The number of nitrogens with one attached hydrogen (secondary N) is 1. The van der Waals surface area contributed by atoms with Crippen molar-refractivity contribution in [1.82, 2.24) is 5.43 Å². The van der Waals surface area contributed by atoms with Crippen LogP contribution in [0.25, 0.3) is 0 Å². The van der Waals surface area contributed by atoms with Gasteiger partial charge >= 0.3 is 0 Å². The summed E-state index contributed by atoms with van der Waals surface area (Å²) in [4.78, 5) is 0. The summed E-state index contributed by atoms with van der Waals surface area (Å²) < 4.78 is 0. The first kappa shape index (κ1) is 11.6. The first-order chi connectivity index (χ1) is 7.50. The molecule has 1 aromatic carbocycles. The summed E-state index contributed by atoms with van der Waals surface area (Å²) in [7, 11) is 0. The van der Waals surface area contributed by atoms with Gasteiger partial charge in [0.2, 0.25) is 0 Å². The van der Waals surface area contributed by atoms with Gasteiger partial charge in [0.1, 0.15) is 0 Å². The van der Waals surface area contributed by atoms with E-state index in [-0.39, 0.29) is 10.8 Å². The van der Waals surface area contributed by atoms with E-state index < -0.39 is 0 Å². The van der Waals surface area contributed by atoms with E-state index in [1.165, 1.54) is 18.4 Å². The number of hydrazine groups is 1. The summed E-state index contributed by atoms with van der Waals surface area (Å²) in [5, 5.41) is 0. The van der Waals surface area contributed by atoms with Crippen LogP contribution in [-0.2, 0) is 5.41 Å². The molecule has 2 rings (SSSR count). The van der Waals surface area contributed by atoms with E-state index in [4.69, 9.17) is 5.84 Å². The summed E-state index contributed by atoms with van der Waals surface area (Å²) in [6.45, 7) is 6.75. The normalized spacial score (nSPS) is 20.5. The monoisotopic (exact) mass is 218 g/mol. The molecule has 2 nitrogen and oxygen atoms in total. The Hall–Kier alpha value is -0.860. The Kier molecular flexibility index (Phi) is 2.81. The maximum absolute atomic E-state index is 5.77. The van der Waals surface area contributed by atoms with Gasteiger partial charge in [-0.05, 0) is 23.8 Å². The summed E-state index contributed by atoms with van der Waals surface area (Å²) >= 11 is 0. The van der Waals surface area contributed by atoms with Crippen LogP contribution in [0, 0.1) is 5.41 Å². The first-order valence-corrected chi connectivity index (χ1v) is 6.02. The highest BCUT2D eigenvalue weighted by Gasteiger charge is 2.53. The number of nitrogens with two attached hydrogens (primary N) is 1. The molecule has 1 atom stereocenters. The number of hydrogen-bond donors (Lipinski definition) is 2. The first-order valence-electron chi connectivity index (χ1n) is 6.02. The second-order valence-electron chi connectivity index (χ2n) is 5.99. The molecule has 0 spiro atoms. The molecule has 16 heavy (non-hydrogen) atoms. The van der Waals surface area contributed by atoms with Gasteiger partial charge in [-0.25, -0.2) is 0 Å². The lowest BCUT2D eigenvalue weighted by molar-refractivity contribution is 0.221. The van der Waals surface area contributed by atoms with Crippen molar-refractivity contribution in [3.05, 3.63) is 35.9 Å². The Morgan fingerprint density at radius 1 is 1.19 bits per heavy atom. The number of benzene rings is 1. The van der Waals surface area contributed by atoms with Crippen LogP contribution in [0.4, 0.5) is 0 Å². The van der Waals surface area contributed by atoms with Crippen molar-refractivity contribution in [2.75, 3.05) is 0 Å². The average Bonchev–Trinajstić information content (AvgIpc) is 3.00. The van der Waals surface area contributed by atoms with Gasteiger partial charge in [0.15, 0.2) is 0 Å². The van der Waals surface area contributed by atoms with E-state index in [9.17, 15) is 0 Å². The van der Waals surface area contributed by atoms with E-state index in [0.717, 1.165) is 0 Å². The lowest BCUT2D eigenvalue weighted by Gasteiger charge is -2.37. The highest BCUT2D eigenvalue weighted by Crippen LogP contribution is 2.54. The van der Waals surface area contributed by atoms with E-state index in [2.05, 4.69) is 56.5 Å². The van der Waals surface area contributed by atoms with Crippen LogP contribution in [0.1, 0.15) is 39.2 Å². The smallest absolute Gasteiger partial charge is 0.0355 e. The van der Waals surface area contributed by atoms with E-state index in [0.29, 0.717) is 6.04 Å². The van der Waals surface area contributed by atoms with Gasteiger partial charge in [0, 0.05) is 11.5 Å². The van der Waals surface area contributed by atoms with Crippen molar-refractivity contribution >= 4 is 0 Å². The fraction of sp³-hybridized carbons (Fsp3) is 0.571. The van der Waals surface area contributed by atoms with E-state index in [1.54, 1.807) is 0 Å². The zero-order valence-electron chi connectivity index (χ0n) is 10.5. The third-order valence-corrected chi connectivity index (χ3v) is 3.72. The maximum atomic E-state index is 5.77. The van der Waals surface area contributed by atoms with Gasteiger partial charge in [-0.2, -0.15) is 0 Å². The molecule has 0 amide bonds. The van der Waals surface area contributed by atoms with E-state index >= 15 is 0 Å². The summed E-state index contributed by atoms with van der Waals surface area (Å²) in [6, 6.07) is 11.1. The predicted molar refractivity (Wildman–Crippen MR) is 67.9 cm³/mol. The summed E-state index contributed by atoms with van der Waals surface area (Å²) in [6.07, 6.45) is 2.48. The van der Waals surface area contributed by atoms with Crippen LogP contribution in [0.5, 0.6) is 0 Å². The Morgan fingerprint density at radius 2 is 1.75 bits per heavy atom. The molecule has 2 heteroatoms. The maximum Gasteiger partial charge on any atom is 0.0355 e. The molecule has 1 aromatic rings. The molecule has 1 aliphatic rings. The lowest BCUT2D eigenvalue weighted by atomic mass is 9.74. The minimum Gasteiger partial charge on any atom is -0.271 e. The molecule has 0 aliphatic heterocycles. The minimum absolute atomic E-state index is 0.182. The van der Waals surface area contributed by atoms with Crippen molar-refractivity contribution in [3.8, 4) is 0 Å². The SMILES string of the molecule is CC(C)(C)C(NN)C1(c2ccccc2)CC1. The molecular formula is C14H22N2. The highest BCUT2D eigenvalue weighted by molar-refractivity contribution is 5.34. The Labute approximate surface area is 98.2 Å². The second kappa shape index (κ2) is 3.86. The fourth-order valence-corrected chi connectivity index (χ4v) is 2.89. The quantitative estimate of drug-likeness (QED) is 0.604. The summed E-state index contributed by atoms with van der Waals surface area (Å²) in [5.41, 5.74) is 4.91. The highest BCUT2D eigenvalue weighted by atomic mass is 15.3. The van der Waals surface area contributed by atoms with Crippen molar-refractivity contribution < 1.29 is 0 Å². The molecule has 0 radical (unpaired) electrons. The average molecular weight is 218 g/mol. The summed E-state index contributed by atoms with van der Waals surface area (Å²) in [5.74, 6) is 5.77. The minimum atomic E-state index is 0.182. The zero-order valence-corrected chi connectivity index (χ0v) is 10.5. The molecule has 0 heterocycles. The van der Waals surface area contributed by atoms with Crippen LogP contribution in [0.2, 0.25) is 0 Å². The zero-order chi connectivity index (χ0) is 11.8. The lowest BCUT2D eigenvalue weighted by Crippen LogP contribution is -2.52. The predicted octanol–water partition coefficient (Wildman–Crippen LogP) is 2.60. The molecule has 1 saturated carbocycles. The van der Waals surface area contributed by atoms with Gasteiger partial charge in [-0.15, -0.1) is 0 Å². The molecule has 0 aromatic heterocycles. The van der Waals surface area contributed by atoms with Crippen molar-refractivity contribution in [2.24, 2.45) is 11.3 Å². The molecule has 1 unspecified atom stereocenters. The Bertz CT molecular complexity index is 347. The molecule has 1 fully saturated rings. The van der Waals surface area contributed by atoms with Crippen LogP contribution in [0.3, 0.4) is 0 Å². The van der Waals surface area contributed by atoms with Gasteiger partial charge in [0.05, 0.1) is 0 Å². The van der Waals surface area contributed by atoms with Gasteiger partial charge in [-0.3, -0.25) is 11.3 Å². The van der Waals surface area contributed by atoms with Crippen molar-refractivity contribution in [3.63, 3.8) is 0 Å². The van der Waals surface area contributed by atoms with Crippen LogP contribution in [0.15, 0.2) is 30.3 Å². The van der Waals surface area contributed by atoms with E-state index in [1.807, 2.05) is 0 Å². The van der Waals surface area contributed by atoms with Gasteiger partial charge in [0.25, 0.3) is 0 Å². The molecule has 88 valence electrons. The van der Waals surface area contributed by atoms with Gasteiger partial charge < -0.3 is 0 Å². The number of hydrogen-bond acceptors (Lipinski definition) is 2. The third-order valence-electron chi connectivity index (χ3n) is 3.72.